The molecule has 0 aromatic heterocycles. The van der Waals surface area contributed by atoms with Crippen molar-refractivity contribution in [1.82, 2.24) is 10.6 Å². The summed E-state index contributed by atoms with van der Waals surface area (Å²) in [5.74, 6) is -0.943. The molecular formula is C14H26N2O5. The van der Waals surface area contributed by atoms with Crippen LogP contribution in [0.5, 0.6) is 0 Å². The molecular weight excluding hydrogens is 276 g/mol. The van der Waals surface area contributed by atoms with Crippen LogP contribution < -0.4 is 10.6 Å². The number of rotatable bonds is 8. The Kier molecular flexibility index (Phi) is 6.91. The zero-order chi connectivity index (χ0) is 15.9. The molecule has 0 radical (unpaired) electrons. The van der Waals surface area contributed by atoms with Crippen molar-refractivity contribution in [2.24, 2.45) is 5.41 Å². The molecule has 1 fully saturated rings. The van der Waals surface area contributed by atoms with Gasteiger partial charge in [-0.15, -0.1) is 0 Å². The van der Waals surface area contributed by atoms with E-state index in [0.717, 1.165) is 6.42 Å². The standard InChI is InChI=1S/C14H26N2O5/c1-14(2,6-7-20-3)9-16-13(19)15-8-10-4-5-11(21-10)12(17)18/h10-11H,4-9H2,1-3H3,(H,17,18)(H2,15,16,19). The number of carbonyl (C=O) groups excluding carboxylic acids is 1. The summed E-state index contributed by atoms with van der Waals surface area (Å²) < 4.78 is 10.3. The van der Waals surface area contributed by atoms with Gasteiger partial charge in [-0.2, -0.15) is 0 Å². The number of carboxylic acids is 1. The van der Waals surface area contributed by atoms with Crippen molar-refractivity contribution in [3.05, 3.63) is 0 Å². The zero-order valence-corrected chi connectivity index (χ0v) is 13.0. The Morgan fingerprint density at radius 3 is 2.62 bits per heavy atom. The smallest absolute Gasteiger partial charge is 0.332 e. The second-order valence-electron chi connectivity index (χ2n) is 6.13. The minimum atomic E-state index is -0.943. The third-order valence-corrected chi connectivity index (χ3v) is 3.58. The van der Waals surface area contributed by atoms with E-state index in [9.17, 15) is 9.59 Å². The molecule has 0 aromatic carbocycles. The van der Waals surface area contributed by atoms with Crippen LogP contribution in [-0.4, -0.2) is 56.1 Å². The summed E-state index contributed by atoms with van der Waals surface area (Å²) >= 11 is 0. The lowest BCUT2D eigenvalue weighted by molar-refractivity contribution is -0.149. The van der Waals surface area contributed by atoms with E-state index in [1.54, 1.807) is 7.11 Å². The van der Waals surface area contributed by atoms with E-state index in [-0.39, 0.29) is 17.6 Å². The highest BCUT2D eigenvalue weighted by molar-refractivity contribution is 5.74. The van der Waals surface area contributed by atoms with Gasteiger partial charge < -0.3 is 25.2 Å². The predicted molar refractivity (Wildman–Crippen MR) is 77.2 cm³/mol. The minimum Gasteiger partial charge on any atom is -0.479 e. The fourth-order valence-corrected chi connectivity index (χ4v) is 2.09. The minimum absolute atomic E-state index is 0.0361. The van der Waals surface area contributed by atoms with Crippen LogP contribution in [0.15, 0.2) is 0 Å². The highest BCUT2D eigenvalue weighted by atomic mass is 16.5. The van der Waals surface area contributed by atoms with Crippen molar-refractivity contribution in [2.45, 2.75) is 45.3 Å². The summed E-state index contributed by atoms with van der Waals surface area (Å²) in [6.07, 6.45) is 1.03. The van der Waals surface area contributed by atoms with E-state index in [1.165, 1.54) is 0 Å². The normalized spacial score (nSPS) is 22.0. The van der Waals surface area contributed by atoms with Crippen LogP contribution in [0.3, 0.4) is 0 Å². The van der Waals surface area contributed by atoms with Crippen LogP contribution >= 0.6 is 0 Å². The van der Waals surface area contributed by atoms with Crippen LogP contribution in [-0.2, 0) is 14.3 Å². The Labute approximate surface area is 125 Å². The highest BCUT2D eigenvalue weighted by Crippen LogP contribution is 2.20. The monoisotopic (exact) mass is 302 g/mol. The number of hydrogen-bond acceptors (Lipinski definition) is 4. The Balaban J connectivity index is 2.18. The van der Waals surface area contributed by atoms with Crippen LogP contribution in [0.1, 0.15) is 33.1 Å². The Hall–Kier alpha value is -1.34. The first-order valence-corrected chi connectivity index (χ1v) is 7.23. The quantitative estimate of drug-likeness (QED) is 0.621. The first-order chi connectivity index (χ1) is 9.84. The highest BCUT2D eigenvalue weighted by Gasteiger charge is 2.30. The summed E-state index contributed by atoms with van der Waals surface area (Å²) in [7, 11) is 1.65. The summed E-state index contributed by atoms with van der Waals surface area (Å²) in [4.78, 5) is 22.5. The van der Waals surface area contributed by atoms with Gasteiger partial charge in [0.25, 0.3) is 0 Å². The number of nitrogens with one attached hydrogen (secondary N) is 2. The number of carbonyl (C=O) groups is 2. The largest absolute Gasteiger partial charge is 0.479 e. The van der Waals surface area contributed by atoms with Gasteiger partial charge in [-0.05, 0) is 24.7 Å². The molecule has 2 amide bonds. The molecule has 0 bridgehead atoms. The molecule has 1 heterocycles. The van der Waals surface area contributed by atoms with E-state index in [0.29, 0.717) is 32.5 Å². The third-order valence-electron chi connectivity index (χ3n) is 3.58. The molecule has 122 valence electrons. The lowest BCUT2D eigenvalue weighted by Crippen LogP contribution is -2.43. The predicted octanol–water partition coefficient (Wildman–Crippen LogP) is 0.981. The fourth-order valence-electron chi connectivity index (χ4n) is 2.09. The van der Waals surface area contributed by atoms with E-state index in [2.05, 4.69) is 24.5 Å². The lowest BCUT2D eigenvalue weighted by Gasteiger charge is -2.24. The molecule has 7 heteroatoms. The number of hydrogen-bond donors (Lipinski definition) is 3. The van der Waals surface area contributed by atoms with Gasteiger partial charge in [0.1, 0.15) is 0 Å². The van der Waals surface area contributed by atoms with Gasteiger partial charge in [0.05, 0.1) is 6.10 Å². The van der Waals surface area contributed by atoms with E-state index in [4.69, 9.17) is 14.6 Å². The SMILES string of the molecule is COCCC(C)(C)CNC(=O)NCC1CCC(C(=O)O)O1. The maximum Gasteiger partial charge on any atom is 0.332 e. The number of aliphatic carboxylic acids is 1. The molecule has 1 aliphatic rings. The van der Waals surface area contributed by atoms with Gasteiger partial charge >= 0.3 is 12.0 Å². The maximum atomic E-state index is 11.7. The van der Waals surface area contributed by atoms with Crippen molar-refractivity contribution in [3.63, 3.8) is 0 Å². The van der Waals surface area contributed by atoms with Crippen molar-refractivity contribution in [2.75, 3.05) is 26.8 Å². The van der Waals surface area contributed by atoms with Crippen molar-refractivity contribution >= 4 is 12.0 Å². The van der Waals surface area contributed by atoms with Gasteiger partial charge in [0.15, 0.2) is 6.10 Å². The average Bonchev–Trinajstić information content (AvgIpc) is 2.90. The third kappa shape index (κ3) is 6.77. The van der Waals surface area contributed by atoms with Crippen LogP contribution in [0.2, 0.25) is 0 Å². The molecule has 1 saturated heterocycles. The first-order valence-electron chi connectivity index (χ1n) is 7.23. The number of amides is 2. The van der Waals surface area contributed by atoms with E-state index in [1.807, 2.05) is 0 Å². The van der Waals surface area contributed by atoms with E-state index >= 15 is 0 Å². The zero-order valence-electron chi connectivity index (χ0n) is 13.0. The Bertz CT molecular complexity index is 359. The Morgan fingerprint density at radius 1 is 1.33 bits per heavy atom. The summed E-state index contributed by atoms with van der Waals surface area (Å²) in [6, 6.07) is -0.261. The molecule has 0 aromatic rings. The molecule has 7 nitrogen and oxygen atoms in total. The van der Waals surface area contributed by atoms with E-state index < -0.39 is 12.1 Å². The molecule has 1 rings (SSSR count). The number of carboxylic acid groups (broad SMARTS) is 1. The summed E-state index contributed by atoms with van der Waals surface area (Å²) in [5, 5.41) is 14.3. The average molecular weight is 302 g/mol. The summed E-state index contributed by atoms with van der Waals surface area (Å²) in [6.45, 7) is 5.65. The van der Waals surface area contributed by atoms with Crippen LogP contribution in [0.25, 0.3) is 0 Å². The maximum absolute atomic E-state index is 11.7. The fraction of sp³-hybridized carbons (Fsp3) is 0.857. The first kappa shape index (κ1) is 17.7. The summed E-state index contributed by atoms with van der Waals surface area (Å²) in [5.41, 5.74) is -0.0361. The van der Waals surface area contributed by atoms with Gasteiger partial charge in [-0.25, -0.2) is 9.59 Å². The molecule has 21 heavy (non-hydrogen) atoms. The second-order valence-corrected chi connectivity index (χ2v) is 6.13. The molecule has 0 spiro atoms. The molecule has 0 saturated carbocycles. The van der Waals surface area contributed by atoms with Crippen LogP contribution in [0, 0.1) is 5.41 Å². The molecule has 0 aliphatic carbocycles. The number of urea groups is 1. The number of ether oxygens (including phenoxy) is 2. The second kappa shape index (κ2) is 8.19. The van der Waals surface area contributed by atoms with Crippen molar-refractivity contribution in [3.8, 4) is 0 Å². The van der Waals surface area contributed by atoms with Gasteiger partial charge in [-0.3, -0.25) is 0 Å². The molecule has 3 N–H and O–H groups in total. The molecule has 2 atom stereocenters. The van der Waals surface area contributed by atoms with Crippen molar-refractivity contribution in [1.29, 1.82) is 0 Å². The molecule has 1 aliphatic heterocycles. The van der Waals surface area contributed by atoms with Crippen LogP contribution in [0.4, 0.5) is 4.79 Å². The topological polar surface area (TPSA) is 96.9 Å². The van der Waals surface area contributed by atoms with Gasteiger partial charge in [0, 0.05) is 26.8 Å². The number of methoxy groups -OCH3 is 1. The van der Waals surface area contributed by atoms with Gasteiger partial charge in [-0.1, -0.05) is 13.8 Å². The van der Waals surface area contributed by atoms with Gasteiger partial charge in [0.2, 0.25) is 0 Å². The lowest BCUT2D eigenvalue weighted by atomic mass is 9.90. The molecule has 2 unspecified atom stereocenters. The Morgan fingerprint density at radius 2 is 2.05 bits per heavy atom. The van der Waals surface area contributed by atoms with Crippen molar-refractivity contribution < 1.29 is 24.2 Å².